The summed E-state index contributed by atoms with van der Waals surface area (Å²) in [5.41, 5.74) is 2.38. The number of carbonyl (C=O) groups is 1. The molecule has 1 aliphatic rings. The number of ether oxygens (including phenoxy) is 2. The van der Waals surface area contributed by atoms with Crippen molar-refractivity contribution in [1.29, 1.82) is 0 Å². The zero-order valence-electron chi connectivity index (χ0n) is 15.9. The smallest absolute Gasteiger partial charge is 0.341 e. The summed E-state index contributed by atoms with van der Waals surface area (Å²) in [7, 11) is 1.58. The number of anilines is 2. The zero-order chi connectivity index (χ0) is 20.1. The Bertz CT molecular complexity index is 883. The van der Waals surface area contributed by atoms with Crippen molar-refractivity contribution in [3.05, 3.63) is 39.2 Å². The number of thiocarbonyl (C=S) groups is 1. The van der Waals surface area contributed by atoms with E-state index in [1.54, 1.807) is 36.6 Å². The first-order valence-corrected chi connectivity index (χ1v) is 10.9. The first kappa shape index (κ1) is 20.9. The summed E-state index contributed by atoms with van der Waals surface area (Å²) in [6.07, 6.45) is 5.27. The Balaban J connectivity index is 1.86. The molecule has 0 fully saturated rings. The van der Waals surface area contributed by atoms with Gasteiger partial charge < -0.3 is 20.1 Å². The van der Waals surface area contributed by atoms with Crippen molar-refractivity contribution in [2.24, 2.45) is 0 Å². The van der Waals surface area contributed by atoms with Gasteiger partial charge in [0.15, 0.2) is 5.11 Å². The second-order valence-electron chi connectivity index (χ2n) is 6.41. The molecule has 28 heavy (non-hydrogen) atoms. The van der Waals surface area contributed by atoms with Crippen LogP contribution in [0.25, 0.3) is 0 Å². The lowest BCUT2D eigenvalue weighted by atomic mass is 10.1. The molecule has 2 N–H and O–H groups in total. The average Bonchev–Trinajstić information content (AvgIpc) is 2.82. The SMILES string of the molecule is CCOC(=O)c1c(NC(=S)Nc2cc(Cl)ccc2OC)sc2c1CCCCC2. The third kappa shape index (κ3) is 4.77. The van der Waals surface area contributed by atoms with Gasteiger partial charge in [0.05, 0.1) is 25.0 Å². The number of halogens is 1. The summed E-state index contributed by atoms with van der Waals surface area (Å²) in [6, 6.07) is 5.26. The number of carbonyl (C=O) groups excluding carboxylic acids is 1. The highest BCUT2D eigenvalue weighted by atomic mass is 35.5. The van der Waals surface area contributed by atoms with Gasteiger partial charge in [0, 0.05) is 9.90 Å². The summed E-state index contributed by atoms with van der Waals surface area (Å²) >= 11 is 13.2. The van der Waals surface area contributed by atoms with E-state index in [1.807, 2.05) is 6.92 Å². The molecule has 150 valence electrons. The molecule has 1 aromatic heterocycles. The minimum absolute atomic E-state index is 0.299. The topological polar surface area (TPSA) is 59.6 Å². The third-order valence-corrected chi connectivity index (χ3v) is 6.18. The summed E-state index contributed by atoms with van der Waals surface area (Å²) in [6.45, 7) is 2.15. The van der Waals surface area contributed by atoms with E-state index in [4.69, 9.17) is 33.3 Å². The molecule has 3 rings (SSSR count). The number of esters is 1. The Kier molecular flexibility index (Phi) is 7.15. The van der Waals surface area contributed by atoms with E-state index in [1.165, 1.54) is 11.3 Å². The molecule has 2 aromatic rings. The molecule has 0 spiro atoms. The van der Waals surface area contributed by atoms with Crippen molar-refractivity contribution in [1.82, 2.24) is 0 Å². The quantitative estimate of drug-likeness (QED) is 0.356. The molecule has 0 saturated heterocycles. The summed E-state index contributed by atoms with van der Waals surface area (Å²) in [4.78, 5) is 13.9. The van der Waals surface area contributed by atoms with Gasteiger partial charge in [-0.2, -0.15) is 0 Å². The van der Waals surface area contributed by atoms with Crippen LogP contribution in [-0.4, -0.2) is 24.8 Å². The fourth-order valence-corrected chi connectivity index (χ4v) is 5.02. The zero-order valence-corrected chi connectivity index (χ0v) is 18.3. The van der Waals surface area contributed by atoms with Crippen LogP contribution in [0.2, 0.25) is 5.02 Å². The summed E-state index contributed by atoms with van der Waals surface area (Å²) in [5, 5.41) is 7.95. The van der Waals surface area contributed by atoms with Crippen LogP contribution >= 0.6 is 35.2 Å². The van der Waals surface area contributed by atoms with Crippen LogP contribution in [0, 0.1) is 0 Å². The molecule has 0 unspecified atom stereocenters. The highest BCUT2D eigenvalue weighted by Crippen LogP contribution is 2.38. The largest absolute Gasteiger partial charge is 0.495 e. The lowest BCUT2D eigenvalue weighted by molar-refractivity contribution is 0.0527. The van der Waals surface area contributed by atoms with E-state index in [2.05, 4.69) is 10.6 Å². The Hall–Kier alpha value is -1.83. The van der Waals surface area contributed by atoms with E-state index in [0.717, 1.165) is 36.2 Å². The van der Waals surface area contributed by atoms with E-state index in [0.29, 0.717) is 33.7 Å². The molecule has 1 aromatic carbocycles. The van der Waals surface area contributed by atoms with Gasteiger partial charge >= 0.3 is 5.97 Å². The fourth-order valence-electron chi connectivity index (χ4n) is 3.28. The number of rotatable bonds is 5. The lowest BCUT2D eigenvalue weighted by Gasteiger charge is -2.14. The predicted octanol–water partition coefficient (Wildman–Crippen LogP) is 5.66. The molecule has 0 saturated carbocycles. The van der Waals surface area contributed by atoms with Crippen LogP contribution in [-0.2, 0) is 17.6 Å². The van der Waals surface area contributed by atoms with Gasteiger partial charge in [0.2, 0.25) is 0 Å². The molecule has 1 heterocycles. The molecule has 0 atom stereocenters. The maximum atomic E-state index is 12.6. The third-order valence-electron chi connectivity index (χ3n) is 4.54. The number of hydrogen-bond donors (Lipinski definition) is 2. The van der Waals surface area contributed by atoms with Crippen LogP contribution in [0.3, 0.4) is 0 Å². The van der Waals surface area contributed by atoms with Crippen molar-refractivity contribution in [2.75, 3.05) is 24.4 Å². The number of benzene rings is 1. The Morgan fingerprint density at radius 2 is 2.04 bits per heavy atom. The standard InChI is InChI=1S/C20H23ClN2O3S2/c1-3-26-19(24)17-13-7-5-4-6-8-16(13)28-18(17)23-20(27)22-14-11-12(21)9-10-15(14)25-2/h9-11H,3-8H2,1-2H3,(H2,22,23,27). The van der Waals surface area contributed by atoms with Crippen LogP contribution in [0.5, 0.6) is 5.75 Å². The number of nitrogens with one attached hydrogen (secondary N) is 2. The Morgan fingerprint density at radius 3 is 2.79 bits per heavy atom. The number of hydrogen-bond acceptors (Lipinski definition) is 5. The molecule has 5 nitrogen and oxygen atoms in total. The molecular weight excluding hydrogens is 416 g/mol. The van der Waals surface area contributed by atoms with Gasteiger partial charge in [-0.15, -0.1) is 11.3 Å². The van der Waals surface area contributed by atoms with Crippen molar-refractivity contribution in [3.8, 4) is 5.75 Å². The van der Waals surface area contributed by atoms with Gasteiger partial charge in [0.1, 0.15) is 10.8 Å². The number of methoxy groups -OCH3 is 1. The van der Waals surface area contributed by atoms with E-state index in [-0.39, 0.29) is 5.97 Å². The van der Waals surface area contributed by atoms with Gasteiger partial charge in [-0.25, -0.2) is 4.79 Å². The minimum Gasteiger partial charge on any atom is -0.495 e. The molecule has 0 radical (unpaired) electrons. The van der Waals surface area contributed by atoms with Crippen LogP contribution in [0.1, 0.15) is 47.0 Å². The highest BCUT2D eigenvalue weighted by molar-refractivity contribution is 7.80. The van der Waals surface area contributed by atoms with Crippen molar-refractivity contribution >= 4 is 56.9 Å². The summed E-state index contributed by atoms with van der Waals surface area (Å²) in [5.74, 6) is 0.327. The van der Waals surface area contributed by atoms with E-state index in [9.17, 15) is 4.79 Å². The monoisotopic (exact) mass is 438 g/mol. The molecule has 0 aliphatic heterocycles. The Labute approximate surface area is 179 Å². The van der Waals surface area contributed by atoms with Crippen molar-refractivity contribution < 1.29 is 14.3 Å². The lowest BCUT2D eigenvalue weighted by Crippen LogP contribution is -2.21. The molecule has 1 aliphatic carbocycles. The number of fused-ring (bicyclic) bond motifs is 1. The second-order valence-corrected chi connectivity index (χ2v) is 8.36. The van der Waals surface area contributed by atoms with Gasteiger partial charge in [-0.3, -0.25) is 0 Å². The number of thiophene rings is 1. The molecule has 0 bridgehead atoms. The average molecular weight is 439 g/mol. The molecule has 0 amide bonds. The Morgan fingerprint density at radius 1 is 1.25 bits per heavy atom. The summed E-state index contributed by atoms with van der Waals surface area (Å²) < 4.78 is 10.7. The highest BCUT2D eigenvalue weighted by Gasteiger charge is 2.26. The first-order chi connectivity index (χ1) is 13.5. The van der Waals surface area contributed by atoms with E-state index < -0.39 is 0 Å². The first-order valence-electron chi connectivity index (χ1n) is 9.26. The molecule has 8 heteroatoms. The number of aryl methyl sites for hydroxylation is 1. The van der Waals surface area contributed by atoms with Gasteiger partial charge in [-0.1, -0.05) is 18.0 Å². The van der Waals surface area contributed by atoms with Crippen LogP contribution in [0.15, 0.2) is 18.2 Å². The fraction of sp³-hybridized carbons (Fsp3) is 0.400. The maximum Gasteiger partial charge on any atom is 0.341 e. The normalized spacial score (nSPS) is 13.2. The predicted molar refractivity (Wildman–Crippen MR) is 119 cm³/mol. The van der Waals surface area contributed by atoms with Gasteiger partial charge in [0.25, 0.3) is 0 Å². The second kappa shape index (κ2) is 9.58. The van der Waals surface area contributed by atoms with Gasteiger partial charge in [-0.05, 0) is 68.6 Å². The minimum atomic E-state index is -0.299. The maximum absolute atomic E-state index is 12.6. The van der Waals surface area contributed by atoms with Crippen molar-refractivity contribution in [3.63, 3.8) is 0 Å². The van der Waals surface area contributed by atoms with Crippen LogP contribution in [0.4, 0.5) is 10.7 Å². The van der Waals surface area contributed by atoms with E-state index >= 15 is 0 Å². The molecular formula is C20H23ClN2O3S2. The van der Waals surface area contributed by atoms with Crippen LogP contribution < -0.4 is 15.4 Å². The van der Waals surface area contributed by atoms with Crippen molar-refractivity contribution in [2.45, 2.75) is 39.0 Å².